The van der Waals surface area contributed by atoms with Gasteiger partial charge in [0, 0.05) is 31.1 Å². The van der Waals surface area contributed by atoms with Crippen LogP contribution < -0.4 is 21.9 Å². The zero-order chi connectivity index (χ0) is 22.0. The molecule has 0 spiro atoms. The number of amides is 1. The number of hydrogen-bond donors (Lipinski definition) is 2. The minimum absolute atomic E-state index is 0.0464. The molecule has 0 fully saturated rings. The van der Waals surface area contributed by atoms with Crippen LogP contribution in [0, 0.1) is 11.8 Å². The number of carbonyl (C=O) groups excluding carboxylic acids is 1. The van der Waals surface area contributed by atoms with E-state index in [1.165, 1.54) is 15.0 Å². The molecule has 8 nitrogen and oxygen atoms in total. The molecule has 164 valence electrons. The third kappa shape index (κ3) is 4.77. The number of hydrogen-bond acceptors (Lipinski definition) is 6. The van der Waals surface area contributed by atoms with Crippen LogP contribution in [0.15, 0.2) is 21.0 Å². The number of nitrogens with zero attached hydrogens (tertiary/aromatic N) is 3. The molecule has 0 aromatic carbocycles. The number of aromatic amines is 1. The van der Waals surface area contributed by atoms with Crippen molar-refractivity contribution >= 4 is 28.7 Å². The lowest BCUT2D eigenvalue weighted by Crippen LogP contribution is -2.46. The first-order valence-electron chi connectivity index (χ1n) is 10.4. The van der Waals surface area contributed by atoms with Crippen LogP contribution in [-0.4, -0.2) is 40.0 Å². The number of anilines is 2. The Labute approximate surface area is 180 Å². The van der Waals surface area contributed by atoms with E-state index in [9.17, 15) is 14.4 Å². The van der Waals surface area contributed by atoms with Crippen LogP contribution >= 0.6 is 11.3 Å². The highest BCUT2D eigenvalue weighted by atomic mass is 32.1. The molecule has 3 rings (SSSR count). The molecule has 2 aromatic heterocycles. The highest BCUT2D eigenvalue weighted by molar-refractivity contribution is 7.10. The molecule has 1 amide bonds. The van der Waals surface area contributed by atoms with E-state index in [0.717, 1.165) is 6.42 Å². The quantitative estimate of drug-likeness (QED) is 0.694. The molecule has 0 saturated heterocycles. The topological polar surface area (TPSA) is 104 Å². The Bertz CT molecular complexity index is 1020. The van der Waals surface area contributed by atoms with Crippen molar-refractivity contribution in [3.8, 4) is 0 Å². The summed E-state index contributed by atoms with van der Waals surface area (Å²) in [6, 6.07) is 2.07. The molecule has 0 unspecified atom stereocenters. The first-order chi connectivity index (χ1) is 14.2. The molecule has 3 N–H and O–H groups in total. The minimum atomic E-state index is -0.551. The number of aromatic nitrogens is 2. The molecule has 1 aliphatic rings. The predicted octanol–water partition coefficient (Wildman–Crippen LogP) is 1.88. The third-order valence-corrected chi connectivity index (χ3v) is 6.17. The molecule has 9 heteroatoms. The van der Waals surface area contributed by atoms with Crippen molar-refractivity contribution in [1.82, 2.24) is 14.5 Å². The van der Waals surface area contributed by atoms with E-state index in [2.05, 4.69) is 16.4 Å². The highest BCUT2D eigenvalue weighted by Crippen LogP contribution is 2.25. The van der Waals surface area contributed by atoms with E-state index in [1.54, 1.807) is 16.2 Å². The molecule has 0 atom stereocenters. The Hall–Kier alpha value is -2.55. The van der Waals surface area contributed by atoms with Gasteiger partial charge in [-0.3, -0.25) is 19.1 Å². The molecule has 30 heavy (non-hydrogen) atoms. The van der Waals surface area contributed by atoms with Crippen LogP contribution in [0.2, 0.25) is 0 Å². The summed E-state index contributed by atoms with van der Waals surface area (Å²) in [5.74, 6) is 0.446. The summed E-state index contributed by atoms with van der Waals surface area (Å²) in [5, 5.41) is 2.06. The molecule has 3 heterocycles. The smallest absolute Gasteiger partial charge is 0.330 e. The maximum Gasteiger partial charge on any atom is 0.330 e. The standard InChI is InChI=1S/C21H31N5O3S/c1-13(2)9-25(12-17(27)24-7-5-16-15(11-24)6-8-30-16)18-19(22)26(10-14(3)4)21(29)23-20(18)28/h6,8,13-14H,5,7,9-12,22H2,1-4H3,(H,23,28,29). The fourth-order valence-corrected chi connectivity index (χ4v) is 4.72. The van der Waals surface area contributed by atoms with Crippen molar-refractivity contribution in [3.05, 3.63) is 42.7 Å². The predicted molar refractivity (Wildman–Crippen MR) is 121 cm³/mol. The number of carbonyl (C=O) groups is 1. The number of H-pyrrole nitrogens is 1. The molecule has 0 saturated carbocycles. The number of fused-ring (bicyclic) bond motifs is 1. The number of nitrogen functional groups attached to an aromatic ring is 1. The number of nitrogens with one attached hydrogen (secondary N) is 1. The van der Waals surface area contributed by atoms with Gasteiger partial charge in [0.1, 0.15) is 11.5 Å². The number of thiophene rings is 1. The lowest BCUT2D eigenvalue weighted by atomic mass is 10.1. The molecule has 0 radical (unpaired) electrons. The normalized spacial score (nSPS) is 13.7. The van der Waals surface area contributed by atoms with Crippen LogP contribution in [0.25, 0.3) is 0 Å². The Balaban J connectivity index is 1.90. The van der Waals surface area contributed by atoms with E-state index in [4.69, 9.17) is 5.73 Å². The largest absolute Gasteiger partial charge is 0.383 e. The van der Waals surface area contributed by atoms with Crippen LogP contribution in [0.5, 0.6) is 0 Å². The Kier molecular flexibility index (Phi) is 6.70. The SMILES string of the molecule is CC(C)CN(CC(=O)N1CCc2sccc2C1)c1c(N)n(CC(C)C)c(=O)[nH]c1=O. The summed E-state index contributed by atoms with van der Waals surface area (Å²) in [7, 11) is 0. The van der Waals surface area contributed by atoms with Crippen LogP contribution in [-0.2, 0) is 24.3 Å². The first kappa shape index (κ1) is 22.1. The lowest BCUT2D eigenvalue weighted by Gasteiger charge is -2.32. The van der Waals surface area contributed by atoms with Gasteiger partial charge in [0.15, 0.2) is 0 Å². The van der Waals surface area contributed by atoms with Gasteiger partial charge >= 0.3 is 5.69 Å². The van der Waals surface area contributed by atoms with E-state index in [-0.39, 0.29) is 35.8 Å². The van der Waals surface area contributed by atoms with Gasteiger partial charge < -0.3 is 15.5 Å². The van der Waals surface area contributed by atoms with E-state index >= 15 is 0 Å². The highest BCUT2D eigenvalue weighted by Gasteiger charge is 2.26. The summed E-state index contributed by atoms with van der Waals surface area (Å²) in [4.78, 5) is 45.4. The molecule has 1 aliphatic heterocycles. The second-order valence-corrected chi connectivity index (χ2v) is 9.71. The van der Waals surface area contributed by atoms with Gasteiger partial charge in [0.25, 0.3) is 5.56 Å². The lowest BCUT2D eigenvalue weighted by molar-refractivity contribution is -0.130. The van der Waals surface area contributed by atoms with Crippen molar-refractivity contribution in [3.63, 3.8) is 0 Å². The Morgan fingerprint density at radius 2 is 2.00 bits per heavy atom. The number of nitrogens with two attached hydrogens (primary N) is 1. The van der Waals surface area contributed by atoms with Crippen molar-refractivity contribution in [1.29, 1.82) is 0 Å². The van der Waals surface area contributed by atoms with Gasteiger partial charge in [0.2, 0.25) is 5.91 Å². The van der Waals surface area contributed by atoms with Crippen molar-refractivity contribution in [2.24, 2.45) is 11.8 Å². The van der Waals surface area contributed by atoms with Crippen LogP contribution in [0.3, 0.4) is 0 Å². The van der Waals surface area contributed by atoms with Gasteiger partial charge in [0.05, 0.1) is 6.54 Å². The fraction of sp³-hybridized carbons (Fsp3) is 0.571. The van der Waals surface area contributed by atoms with Gasteiger partial charge in [-0.15, -0.1) is 11.3 Å². The van der Waals surface area contributed by atoms with Gasteiger partial charge in [-0.25, -0.2) is 4.79 Å². The van der Waals surface area contributed by atoms with E-state index in [1.807, 2.05) is 32.6 Å². The summed E-state index contributed by atoms with van der Waals surface area (Å²) >= 11 is 1.73. The second-order valence-electron chi connectivity index (χ2n) is 8.71. The zero-order valence-corrected chi connectivity index (χ0v) is 18.9. The average molecular weight is 434 g/mol. The summed E-state index contributed by atoms with van der Waals surface area (Å²) in [5.41, 5.74) is 6.61. The van der Waals surface area contributed by atoms with Gasteiger partial charge in [-0.05, 0) is 35.3 Å². The molecule has 2 aromatic rings. The van der Waals surface area contributed by atoms with Crippen molar-refractivity contribution in [2.75, 3.05) is 30.3 Å². The number of rotatable bonds is 7. The molecule has 0 aliphatic carbocycles. The van der Waals surface area contributed by atoms with Crippen LogP contribution in [0.1, 0.15) is 38.1 Å². The average Bonchev–Trinajstić information content (AvgIpc) is 3.12. The minimum Gasteiger partial charge on any atom is -0.383 e. The third-order valence-electron chi connectivity index (χ3n) is 5.15. The second kappa shape index (κ2) is 9.07. The van der Waals surface area contributed by atoms with Crippen LogP contribution in [0.4, 0.5) is 11.5 Å². The van der Waals surface area contributed by atoms with E-state index in [0.29, 0.717) is 26.2 Å². The van der Waals surface area contributed by atoms with Gasteiger partial charge in [-0.1, -0.05) is 27.7 Å². The summed E-state index contributed by atoms with van der Waals surface area (Å²) < 4.78 is 1.39. The van der Waals surface area contributed by atoms with Crippen molar-refractivity contribution in [2.45, 2.75) is 47.2 Å². The van der Waals surface area contributed by atoms with Crippen molar-refractivity contribution < 1.29 is 4.79 Å². The Morgan fingerprint density at radius 3 is 2.67 bits per heavy atom. The summed E-state index contributed by atoms with van der Waals surface area (Å²) in [6.45, 7) is 10.2. The molecule has 0 bridgehead atoms. The van der Waals surface area contributed by atoms with E-state index < -0.39 is 11.2 Å². The first-order valence-corrected chi connectivity index (χ1v) is 11.3. The van der Waals surface area contributed by atoms with Gasteiger partial charge in [-0.2, -0.15) is 0 Å². The Morgan fingerprint density at radius 1 is 1.27 bits per heavy atom. The summed E-state index contributed by atoms with van der Waals surface area (Å²) in [6.07, 6.45) is 0.852. The molecular weight excluding hydrogens is 402 g/mol. The zero-order valence-electron chi connectivity index (χ0n) is 18.1. The maximum atomic E-state index is 13.1. The maximum absolute atomic E-state index is 13.1. The molecular formula is C21H31N5O3S. The monoisotopic (exact) mass is 433 g/mol. The fourth-order valence-electron chi connectivity index (χ4n) is 3.83.